The summed E-state index contributed by atoms with van der Waals surface area (Å²) in [5.74, 6) is -1.04. The maximum atomic E-state index is 11.6. The number of rotatable bonds is 9. The zero-order valence-corrected chi connectivity index (χ0v) is 12.0. The summed E-state index contributed by atoms with van der Waals surface area (Å²) in [5, 5.41) is 0. The number of carbonyl (C=O) groups excluding carboxylic acids is 3. The highest BCUT2D eigenvalue weighted by Crippen LogP contribution is 2.08. The predicted octanol–water partition coefficient (Wildman–Crippen LogP) is 1.71. The summed E-state index contributed by atoms with van der Waals surface area (Å²) in [6.07, 6.45) is 2.65. The molecule has 5 heteroatoms. The maximum Gasteiger partial charge on any atom is 0.333 e. The zero-order chi connectivity index (χ0) is 14.8. The van der Waals surface area contributed by atoms with Crippen LogP contribution in [0.5, 0.6) is 0 Å². The number of unbranched alkanes of at least 4 members (excludes halogenated alkanes) is 1. The van der Waals surface area contributed by atoms with Crippen LogP contribution in [0, 0.1) is 0 Å². The fourth-order valence-electron chi connectivity index (χ4n) is 1.59. The minimum Gasteiger partial charge on any atom is -0.460 e. The second kappa shape index (κ2) is 9.30. The molecule has 5 nitrogen and oxygen atoms in total. The number of ether oxygens (including phenoxy) is 1. The summed E-state index contributed by atoms with van der Waals surface area (Å²) >= 11 is 0. The fourth-order valence-corrected chi connectivity index (χ4v) is 1.59. The summed E-state index contributed by atoms with van der Waals surface area (Å²) in [6, 6.07) is -0.271. The molecule has 0 heterocycles. The Bertz CT molecular complexity index is 338. The van der Waals surface area contributed by atoms with Gasteiger partial charge in [-0.25, -0.2) is 4.79 Å². The van der Waals surface area contributed by atoms with E-state index in [1.165, 1.54) is 4.90 Å². The molecule has 0 rings (SSSR count). The van der Waals surface area contributed by atoms with Crippen molar-refractivity contribution in [2.75, 3.05) is 13.2 Å². The monoisotopic (exact) mass is 269 g/mol. The Labute approximate surface area is 114 Å². The lowest BCUT2D eigenvalue weighted by Crippen LogP contribution is -2.44. The standard InChI is InChI=1S/C14H23NO4/c1-5-7-8-15(13(17)9-16)12(6-2)10-19-14(18)11(3)4/h9,12H,3,5-8,10H2,1-2,4H3. The second-order valence-corrected chi connectivity index (χ2v) is 4.44. The third-order valence-electron chi connectivity index (χ3n) is 2.80. The Kier molecular flexibility index (Phi) is 8.49. The van der Waals surface area contributed by atoms with Gasteiger partial charge in [-0.15, -0.1) is 0 Å². The topological polar surface area (TPSA) is 63.7 Å². The lowest BCUT2D eigenvalue weighted by molar-refractivity contribution is -0.146. The Balaban J connectivity index is 4.63. The highest BCUT2D eigenvalue weighted by atomic mass is 16.5. The first kappa shape index (κ1) is 17.4. The van der Waals surface area contributed by atoms with Crippen molar-refractivity contribution in [1.29, 1.82) is 0 Å². The van der Waals surface area contributed by atoms with Crippen molar-refractivity contribution in [1.82, 2.24) is 4.90 Å². The van der Waals surface area contributed by atoms with E-state index < -0.39 is 11.9 Å². The summed E-state index contributed by atoms with van der Waals surface area (Å²) in [7, 11) is 0. The highest BCUT2D eigenvalue weighted by Gasteiger charge is 2.22. The van der Waals surface area contributed by atoms with Gasteiger partial charge in [-0.2, -0.15) is 0 Å². The Hall–Kier alpha value is -1.65. The van der Waals surface area contributed by atoms with E-state index in [1.54, 1.807) is 6.92 Å². The van der Waals surface area contributed by atoms with Crippen LogP contribution < -0.4 is 0 Å². The van der Waals surface area contributed by atoms with Crippen LogP contribution >= 0.6 is 0 Å². The van der Waals surface area contributed by atoms with E-state index in [2.05, 4.69) is 6.58 Å². The van der Waals surface area contributed by atoms with Gasteiger partial charge in [0.05, 0.1) is 6.04 Å². The molecule has 0 aromatic rings. The molecule has 1 amide bonds. The summed E-state index contributed by atoms with van der Waals surface area (Å²) in [4.78, 5) is 35.1. The van der Waals surface area contributed by atoms with Gasteiger partial charge in [-0.3, -0.25) is 9.59 Å². The first-order chi connectivity index (χ1) is 8.97. The Morgan fingerprint density at radius 2 is 2.00 bits per heavy atom. The zero-order valence-electron chi connectivity index (χ0n) is 12.0. The van der Waals surface area contributed by atoms with Crippen molar-refractivity contribution in [3.8, 4) is 0 Å². The van der Waals surface area contributed by atoms with Crippen LogP contribution in [0.3, 0.4) is 0 Å². The van der Waals surface area contributed by atoms with Gasteiger partial charge in [-0.05, 0) is 19.8 Å². The summed E-state index contributed by atoms with van der Waals surface area (Å²) in [5.41, 5.74) is 0.316. The van der Waals surface area contributed by atoms with E-state index in [-0.39, 0.29) is 12.6 Å². The summed E-state index contributed by atoms with van der Waals surface area (Å²) in [6.45, 7) is 9.53. The molecule has 0 aliphatic carbocycles. The smallest absolute Gasteiger partial charge is 0.333 e. The van der Waals surface area contributed by atoms with Crippen LogP contribution in [-0.4, -0.2) is 42.3 Å². The first-order valence-electron chi connectivity index (χ1n) is 6.56. The van der Waals surface area contributed by atoms with Gasteiger partial charge in [0.2, 0.25) is 6.29 Å². The van der Waals surface area contributed by atoms with Crippen LogP contribution in [0.2, 0.25) is 0 Å². The molecule has 0 aromatic carbocycles. The van der Waals surface area contributed by atoms with E-state index in [0.717, 1.165) is 12.8 Å². The molecule has 108 valence electrons. The van der Waals surface area contributed by atoms with Crippen LogP contribution in [0.1, 0.15) is 40.0 Å². The average molecular weight is 269 g/mol. The third kappa shape index (κ3) is 6.18. The van der Waals surface area contributed by atoms with Crippen molar-refractivity contribution in [3.05, 3.63) is 12.2 Å². The van der Waals surface area contributed by atoms with Crippen molar-refractivity contribution in [3.63, 3.8) is 0 Å². The fraction of sp³-hybridized carbons (Fsp3) is 0.643. The van der Waals surface area contributed by atoms with Crippen molar-refractivity contribution in [2.24, 2.45) is 0 Å². The number of aldehydes is 1. The van der Waals surface area contributed by atoms with Gasteiger partial charge in [0.15, 0.2) is 0 Å². The normalized spacial score (nSPS) is 11.5. The van der Waals surface area contributed by atoms with Gasteiger partial charge >= 0.3 is 5.97 Å². The molecule has 0 fully saturated rings. The van der Waals surface area contributed by atoms with Crippen LogP contribution in [0.4, 0.5) is 0 Å². The SMILES string of the molecule is C=C(C)C(=O)OCC(CC)N(CCCC)C(=O)C=O. The molecule has 0 aliphatic rings. The summed E-state index contributed by atoms with van der Waals surface area (Å²) < 4.78 is 5.06. The van der Waals surface area contributed by atoms with Gasteiger partial charge in [0.25, 0.3) is 5.91 Å². The van der Waals surface area contributed by atoms with Crippen LogP contribution in [0.15, 0.2) is 12.2 Å². The minimum absolute atomic E-state index is 0.0888. The molecule has 19 heavy (non-hydrogen) atoms. The van der Waals surface area contributed by atoms with Gasteiger partial charge in [0.1, 0.15) is 6.61 Å². The molecule has 1 unspecified atom stereocenters. The van der Waals surface area contributed by atoms with Gasteiger partial charge in [0, 0.05) is 12.1 Å². The number of esters is 1. The van der Waals surface area contributed by atoms with Crippen LogP contribution in [-0.2, 0) is 19.1 Å². The second-order valence-electron chi connectivity index (χ2n) is 4.44. The molecule has 0 N–H and O–H groups in total. The maximum absolute atomic E-state index is 11.6. The van der Waals surface area contributed by atoms with Gasteiger partial charge in [-0.1, -0.05) is 26.8 Å². The third-order valence-corrected chi connectivity index (χ3v) is 2.80. The van der Waals surface area contributed by atoms with E-state index in [1.807, 2.05) is 13.8 Å². The average Bonchev–Trinajstić information content (AvgIpc) is 2.41. The molecular weight excluding hydrogens is 246 g/mol. The molecular formula is C14H23NO4. The first-order valence-corrected chi connectivity index (χ1v) is 6.56. The lowest BCUT2D eigenvalue weighted by Gasteiger charge is -2.29. The quantitative estimate of drug-likeness (QED) is 0.277. The molecule has 0 bridgehead atoms. The molecule has 0 saturated carbocycles. The molecule has 0 spiro atoms. The number of amides is 1. The van der Waals surface area contributed by atoms with E-state index in [4.69, 9.17) is 4.74 Å². The molecule has 0 aromatic heterocycles. The van der Waals surface area contributed by atoms with Crippen LogP contribution in [0.25, 0.3) is 0 Å². The Morgan fingerprint density at radius 1 is 1.37 bits per heavy atom. The van der Waals surface area contributed by atoms with Crippen molar-refractivity contribution >= 4 is 18.2 Å². The highest BCUT2D eigenvalue weighted by molar-refractivity contribution is 6.23. The van der Waals surface area contributed by atoms with E-state index >= 15 is 0 Å². The lowest BCUT2D eigenvalue weighted by atomic mass is 10.1. The van der Waals surface area contributed by atoms with E-state index in [9.17, 15) is 14.4 Å². The van der Waals surface area contributed by atoms with E-state index in [0.29, 0.717) is 24.8 Å². The van der Waals surface area contributed by atoms with Crippen molar-refractivity contribution in [2.45, 2.75) is 46.1 Å². The number of hydrogen-bond donors (Lipinski definition) is 0. The molecule has 0 radical (unpaired) electrons. The largest absolute Gasteiger partial charge is 0.460 e. The minimum atomic E-state index is -0.563. The van der Waals surface area contributed by atoms with Crippen molar-refractivity contribution < 1.29 is 19.1 Å². The molecule has 1 atom stereocenters. The number of hydrogen-bond acceptors (Lipinski definition) is 4. The molecule has 0 saturated heterocycles. The predicted molar refractivity (Wildman–Crippen MR) is 72.5 cm³/mol. The number of nitrogens with zero attached hydrogens (tertiary/aromatic N) is 1. The van der Waals surface area contributed by atoms with Gasteiger partial charge < -0.3 is 9.64 Å². The molecule has 0 aliphatic heterocycles. The Morgan fingerprint density at radius 3 is 2.42 bits per heavy atom. The number of carbonyl (C=O) groups is 3.